The lowest BCUT2D eigenvalue weighted by Crippen LogP contribution is -2.36. The summed E-state index contributed by atoms with van der Waals surface area (Å²) in [6, 6.07) is 10.4. The minimum Gasteiger partial charge on any atom is -0.493 e. The number of rotatable bonds is 8. The third-order valence-electron chi connectivity index (χ3n) is 4.85. The van der Waals surface area contributed by atoms with E-state index >= 15 is 0 Å². The second-order valence-corrected chi connectivity index (χ2v) is 8.58. The average Bonchev–Trinajstić information content (AvgIpc) is 3.22. The predicted molar refractivity (Wildman–Crippen MR) is 126 cm³/mol. The van der Waals surface area contributed by atoms with Gasteiger partial charge in [0.25, 0.3) is 0 Å². The van der Waals surface area contributed by atoms with E-state index in [2.05, 4.69) is 24.3 Å². The lowest BCUT2D eigenvalue weighted by Gasteiger charge is -2.21. The average molecular weight is 464 g/mol. The maximum atomic E-state index is 12.8. The van der Waals surface area contributed by atoms with Crippen LogP contribution in [0.2, 0.25) is 10.0 Å². The molecular weight excluding hydrogens is 437 g/mol. The quantitative estimate of drug-likeness (QED) is 0.526. The number of carbonyl (C=O) groups is 1. The number of hydrazone groups is 1. The van der Waals surface area contributed by atoms with Crippen molar-refractivity contribution in [1.82, 2.24) is 5.01 Å². The molecule has 1 N–H and O–H groups in total. The van der Waals surface area contributed by atoms with Crippen molar-refractivity contribution >= 4 is 41.0 Å². The summed E-state index contributed by atoms with van der Waals surface area (Å²) in [7, 11) is 1.62. The third kappa shape index (κ3) is 6.05. The fourth-order valence-electron chi connectivity index (χ4n) is 3.26. The molecule has 1 saturated heterocycles. The molecule has 1 aliphatic heterocycles. The van der Waals surface area contributed by atoms with E-state index < -0.39 is 6.04 Å². The Balaban J connectivity index is 1.71. The summed E-state index contributed by atoms with van der Waals surface area (Å²) in [5.41, 5.74) is 1.29. The lowest BCUT2D eigenvalue weighted by molar-refractivity contribution is -0.120. The van der Waals surface area contributed by atoms with Crippen LogP contribution in [-0.2, 0) is 4.79 Å². The molecule has 166 valence electrons. The highest BCUT2D eigenvalue weighted by molar-refractivity contribution is 6.39. The van der Waals surface area contributed by atoms with Crippen LogP contribution in [-0.4, -0.2) is 43.4 Å². The van der Waals surface area contributed by atoms with Gasteiger partial charge < -0.3 is 14.8 Å². The Labute approximate surface area is 193 Å². The van der Waals surface area contributed by atoms with Crippen molar-refractivity contribution in [1.29, 1.82) is 0 Å². The number of methoxy groups -OCH3 is 1. The van der Waals surface area contributed by atoms with Gasteiger partial charge >= 0.3 is 0 Å². The fourth-order valence-corrected chi connectivity index (χ4v) is 3.76. The van der Waals surface area contributed by atoms with Crippen molar-refractivity contribution in [2.75, 3.05) is 25.6 Å². The molecule has 1 atom stereocenters. The summed E-state index contributed by atoms with van der Waals surface area (Å²) in [6.45, 7) is 5.46. The minimum atomic E-state index is -0.390. The zero-order valence-corrected chi connectivity index (χ0v) is 19.4. The summed E-state index contributed by atoms with van der Waals surface area (Å²) < 4.78 is 11.2. The van der Waals surface area contributed by atoms with Gasteiger partial charge in [-0.2, -0.15) is 5.10 Å². The standard InChI is InChI=1S/C23H27Cl2N3O3/c1-15(2)14-31-21-12-16(9-10-20(21)30-3)13-26-28-11-5-8-19(28)23(29)27-22-17(24)6-4-7-18(22)25/h4,6-7,9-10,12-13,15,19H,5,8,11,14H2,1-3H3,(H,27,29)/b26-13+. The molecule has 1 amide bonds. The largest absolute Gasteiger partial charge is 0.493 e. The van der Waals surface area contributed by atoms with Gasteiger partial charge in [0.05, 0.1) is 35.7 Å². The van der Waals surface area contributed by atoms with Crippen molar-refractivity contribution in [3.8, 4) is 11.5 Å². The summed E-state index contributed by atoms with van der Waals surface area (Å²) >= 11 is 12.4. The number of nitrogens with one attached hydrogen (secondary N) is 1. The molecule has 0 spiro atoms. The molecule has 1 fully saturated rings. The van der Waals surface area contributed by atoms with Crippen LogP contribution in [0.4, 0.5) is 5.69 Å². The van der Waals surface area contributed by atoms with E-state index in [9.17, 15) is 4.79 Å². The SMILES string of the molecule is COc1ccc(/C=N/N2CCCC2C(=O)Nc2c(Cl)cccc2Cl)cc1OCC(C)C. The van der Waals surface area contributed by atoms with Gasteiger partial charge in [0.15, 0.2) is 11.5 Å². The van der Waals surface area contributed by atoms with Crippen molar-refractivity contribution in [2.45, 2.75) is 32.7 Å². The lowest BCUT2D eigenvalue weighted by atomic mass is 10.2. The van der Waals surface area contributed by atoms with E-state index in [4.69, 9.17) is 32.7 Å². The second kappa shape index (κ2) is 10.7. The van der Waals surface area contributed by atoms with Crippen LogP contribution < -0.4 is 14.8 Å². The van der Waals surface area contributed by atoms with Crippen LogP contribution >= 0.6 is 23.2 Å². The van der Waals surface area contributed by atoms with E-state index in [1.54, 1.807) is 36.5 Å². The van der Waals surface area contributed by atoms with Gasteiger partial charge in [-0.25, -0.2) is 0 Å². The molecule has 1 unspecified atom stereocenters. The molecular formula is C23H27Cl2N3O3. The first-order valence-electron chi connectivity index (χ1n) is 10.3. The van der Waals surface area contributed by atoms with Gasteiger partial charge in [0, 0.05) is 6.54 Å². The monoisotopic (exact) mass is 463 g/mol. The molecule has 0 aliphatic carbocycles. The Morgan fingerprint density at radius 3 is 2.68 bits per heavy atom. The van der Waals surface area contributed by atoms with E-state index in [0.717, 1.165) is 12.0 Å². The van der Waals surface area contributed by atoms with Crippen molar-refractivity contribution < 1.29 is 14.3 Å². The van der Waals surface area contributed by atoms with Gasteiger partial charge in [0.2, 0.25) is 5.91 Å². The van der Waals surface area contributed by atoms with Crippen LogP contribution in [0.1, 0.15) is 32.3 Å². The van der Waals surface area contributed by atoms with E-state index in [1.807, 2.05) is 18.2 Å². The molecule has 0 radical (unpaired) electrons. The number of ether oxygens (including phenoxy) is 2. The first-order valence-corrected chi connectivity index (χ1v) is 11.0. The van der Waals surface area contributed by atoms with Gasteiger partial charge in [-0.3, -0.25) is 9.80 Å². The summed E-state index contributed by atoms with van der Waals surface area (Å²) in [5, 5.41) is 10.0. The van der Waals surface area contributed by atoms with E-state index in [1.165, 1.54) is 0 Å². The Hall–Kier alpha value is -2.44. The zero-order valence-electron chi connectivity index (χ0n) is 17.9. The van der Waals surface area contributed by atoms with Crippen molar-refractivity contribution in [3.05, 3.63) is 52.0 Å². The zero-order chi connectivity index (χ0) is 22.4. The minimum absolute atomic E-state index is 0.180. The third-order valence-corrected chi connectivity index (χ3v) is 5.48. The first kappa shape index (κ1) is 23.2. The normalized spacial score (nSPS) is 16.2. The number of carbonyl (C=O) groups excluding carboxylic acids is 1. The molecule has 6 nitrogen and oxygen atoms in total. The first-order chi connectivity index (χ1) is 14.9. The van der Waals surface area contributed by atoms with Crippen molar-refractivity contribution in [2.24, 2.45) is 11.0 Å². The number of anilines is 1. The van der Waals surface area contributed by atoms with Crippen LogP contribution in [0.15, 0.2) is 41.5 Å². The number of benzene rings is 2. The summed E-state index contributed by atoms with van der Waals surface area (Å²) in [6.07, 6.45) is 3.31. The Morgan fingerprint density at radius 1 is 1.26 bits per heavy atom. The van der Waals surface area contributed by atoms with Gasteiger partial charge in [-0.15, -0.1) is 0 Å². The maximum absolute atomic E-state index is 12.8. The molecule has 1 aliphatic rings. The van der Waals surface area contributed by atoms with Crippen LogP contribution in [0.25, 0.3) is 0 Å². The maximum Gasteiger partial charge on any atom is 0.248 e. The fraction of sp³-hybridized carbons (Fsp3) is 0.391. The van der Waals surface area contributed by atoms with Crippen molar-refractivity contribution in [3.63, 3.8) is 0 Å². The Morgan fingerprint density at radius 2 is 2.00 bits per heavy atom. The number of para-hydroxylation sites is 1. The molecule has 0 saturated carbocycles. The molecule has 0 bridgehead atoms. The number of hydrogen-bond donors (Lipinski definition) is 1. The van der Waals surface area contributed by atoms with Crippen LogP contribution in [0.5, 0.6) is 11.5 Å². The predicted octanol–water partition coefficient (Wildman–Crippen LogP) is 5.47. The van der Waals surface area contributed by atoms with Crippen LogP contribution in [0.3, 0.4) is 0 Å². The molecule has 8 heteroatoms. The smallest absolute Gasteiger partial charge is 0.248 e. The van der Waals surface area contributed by atoms with E-state index in [-0.39, 0.29) is 5.91 Å². The van der Waals surface area contributed by atoms with Gasteiger partial charge in [-0.1, -0.05) is 43.1 Å². The van der Waals surface area contributed by atoms with E-state index in [0.29, 0.717) is 52.7 Å². The number of halogens is 2. The highest BCUT2D eigenvalue weighted by Gasteiger charge is 2.30. The second-order valence-electron chi connectivity index (χ2n) is 7.77. The Bertz CT molecular complexity index is 929. The van der Waals surface area contributed by atoms with Crippen LogP contribution in [0, 0.1) is 5.92 Å². The number of hydrogen-bond acceptors (Lipinski definition) is 5. The molecule has 2 aromatic carbocycles. The molecule has 1 heterocycles. The van der Waals surface area contributed by atoms with Gasteiger partial charge in [-0.05, 0) is 54.7 Å². The molecule has 0 aromatic heterocycles. The highest BCUT2D eigenvalue weighted by atomic mass is 35.5. The summed E-state index contributed by atoms with van der Waals surface area (Å²) in [4.78, 5) is 12.8. The topological polar surface area (TPSA) is 63.2 Å². The summed E-state index contributed by atoms with van der Waals surface area (Å²) in [5.74, 6) is 1.56. The Kier molecular flexibility index (Phi) is 8.04. The molecule has 2 aromatic rings. The number of nitrogens with zero attached hydrogens (tertiary/aromatic N) is 2. The molecule has 31 heavy (non-hydrogen) atoms. The molecule has 3 rings (SSSR count). The highest BCUT2D eigenvalue weighted by Crippen LogP contribution is 2.31. The van der Waals surface area contributed by atoms with Gasteiger partial charge in [0.1, 0.15) is 6.04 Å². The number of amides is 1.